The number of carbonyl (C=O) groups is 1. The van der Waals surface area contributed by atoms with E-state index in [0.717, 1.165) is 0 Å². The standard InChI is InChI=1S/C14H24O2/c1-11(12(15)16-3)13(2)7-6-10-14(13)8-4-5-9-14/h11H,4-10H2,1-3H3. The van der Waals surface area contributed by atoms with Gasteiger partial charge < -0.3 is 4.74 Å². The van der Waals surface area contributed by atoms with Crippen molar-refractivity contribution in [1.82, 2.24) is 0 Å². The summed E-state index contributed by atoms with van der Waals surface area (Å²) in [5.74, 6) is 0.0359. The molecule has 0 amide bonds. The minimum atomic E-state index is -0.0179. The molecule has 92 valence electrons. The van der Waals surface area contributed by atoms with Gasteiger partial charge in [-0.15, -0.1) is 0 Å². The van der Waals surface area contributed by atoms with Crippen molar-refractivity contribution < 1.29 is 9.53 Å². The maximum Gasteiger partial charge on any atom is 0.308 e. The van der Waals surface area contributed by atoms with Crippen molar-refractivity contribution in [2.45, 2.75) is 58.8 Å². The lowest BCUT2D eigenvalue weighted by molar-refractivity contribution is -0.152. The van der Waals surface area contributed by atoms with Crippen LogP contribution in [0, 0.1) is 16.7 Å². The highest BCUT2D eigenvalue weighted by molar-refractivity contribution is 5.73. The lowest BCUT2D eigenvalue weighted by Gasteiger charge is -2.44. The first kappa shape index (κ1) is 11.9. The summed E-state index contributed by atoms with van der Waals surface area (Å²) in [6.45, 7) is 4.39. The van der Waals surface area contributed by atoms with Gasteiger partial charge in [-0.25, -0.2) is 0 Å². The third-order valence-corrected chi connectivity index (χ3v) is 5.63. The van der Waals surface area contributed by atoms with Gasteiger partial charge in [0, 0.05) is 0 Å². The third-order valence-electron chi connectivity index (χ3n) is 5.63. The van der Waals surface area contributed by atoms with Crippen LogP contribution < -0.4 is 0 Å². The van der Waals surface area contributed by atoms with E-state index in [1.54, 1.807) is 0 Å². The minimum Gasteiger partial charge on any atom is -0.469 e. The number of carbonyl (C=O) groups excluding carboxylic acids is 1. The summed E-state index contributed by atoms with van der Waals surface area (Å²) in [4.78, 5) is 11.8. The fourth-order valence-electron chi connectivity index (χ4n) is 4.33. The predicted molar refractivity (Wildman–Crippen MR) is 64.0 cm³/mol. The Morgan fingerprint density at radius 2 is 1.69 bits per heavy atom. The quantitative estimate of drug-likeness (QED) is 0.670. The first-order valence-corrected chi connectivity index (χ1v) is 6.64. The van der Waals surface area contributed by atoms with Gasteiger partial charge in [-0.05, 0) is 36.5 Å². The second-order valence-electron chi connectivity index (χ2n) is 6.00. The Morgan fingerprint density at radius 1 is 1.12 bits per heavy atom. The van der Waals surface area contributed by atoms with Gasteiger partial charge in [-0.1, -0.05) is 33.1 Å². The summed E-state index contributed by atoms with van der Waals surface area (Å²) in [6.07, 6.45) is 9.16. The molecule has 0 aromatic rings. The molecule has 0 aromatic heterocycles. The van der Waals surface area contributed by atoms with Gasteiger partial charge >= 0.3 is 5.97 Å². The maximum atomic E-state index is 11.8. The Balaban J connectivity index is 2.25. The Morgan fingerprint density at radius 3 is 2.25 bits per heavy atom. The highest BCUT2D eigenvalue weighted by Crippen LogP contribution is 2.64. The van der Waals surface area contributed by atoms with Crippen LogP contribution in [0.3, 0.4) is 0 Å². The molecule has 0 N–H and O–H groups in total. The predicted octanol–water partition coefficient (Wildman–Crippen LogP) is 3.55. The SMILES string of the molecule is COC(=O)C(C)C1(C)CCCC12CCCC2. The zero-order valence-corrected chi connectivity index (χ0v) is 10.8. The summed E-state index contributed by atoms with van der Waals surface area (Å²) >= 11 is 0. The van der Waals surface area contributed by atoms with E-state index >= 15 is 0 Å². The van der Waals surface area contributed by atoms with E-state index in [1.165, 1.54) is 52.1 Å². The number of methoxy groups -OCH3 is 1. The normalized spacial score (nSPS) is 34.2. The zero-order valence-electron chi connectivity index (χ0n) is 10.8. The van der Waals surface area contributed by atoms with Crippen LogP contribution in [-0.2, 0) is 9.53 Å². The fraction of sp³-hybridized carbons (Fsp3) is 0.929. The molecule has 2 saturated carbocycles. The van der Waals surface area contributed by atoms with E-state index < -0.39 is 0 Å². The Labute approximate surface area is 98.7 Å². The van der Waals surface area contributed by atoms with Crippen molar-refractivity contribution in [1.29, 1.82) is 0 Å². The minimum absolute atomic E-state index is 0.0179. The first-order valence-electron chi connectivity index (χ1n) is 6.64. The topological polar surface area (TPSA) is 26.3 Å². The van der Waals surface area contributed by atoms with E-state index in [9.17, 15) is 4.79 Å². The molecular weight excluding hydrogens is 200 g/mol. The van der Waals surface area contributed by atoms with E-state index in [4.69, 9.17) is 4.74 Å². The second kappa shape index (κ2) is 4.05. The lowest BCUT2D eigenvalue weighted by Crippen LogP contribution is -2.42. The van der Waals surface area contributed by atoms with E-state index in [0.29, 0.717) is 5.41 Å². The van der Waals surface area contributed by atoms with Crippen LogP contribution in [0.25, 0.3) is 0 Å². The summed E-state index contributed by atoms with van der Waals surface area (Å²) in [5.41, 5.74) is 0.622. The molecule has 2 unspecified atom stereocenters. The van der Waals surface area contributed by atoms with E-state index in [-0.39, 0.29) is 17.3 Å². The van der Waals surface area contributed by atoms with E-state index in [2.05, 4.69) is 13.8 Å². The van der Waals surface area contributed by atoms with Crippen LogP contribution >= 0.6 is 0 Å². The number of hydrogen-bond acceptors (Lipinski definition) is 2. The van der Waals surface area contributed by atoms with Crippen molar-refractivity contribution in [2.24, 2.45) is 16.7 Å². The molecule has 0 aliphatic heterocycles. The monoisotopic (exact) mass is 224 g/mol. The summed E-state index contributed by atoms with van der Waals surface area (Å²) in [6, 6.07) is 0. The van der Waals surface area contributed by atoms with Crippen molar-refractivity contribution >= 4 is 5.97 Å². The number of hydrogen-bond donors (Lipinski definition) is 0. The first-order chi connectivity index (χ1) is 7.56. The van der Waals surface area contributed by atoms with Crippen LogP contribution in [0.2, 0.25) is 0 Å². The molecule has 2 aliphatic rings. The largest absolute Gasteiger partial charge is 0.469 e. The highest BCUT2D eigenvalue weighted by atomic mass is 16.5. The van der Waals surface area contributed by atoms with Crippen molar-refractivity contribution in [2.75, 3.05) is 7.11 Å². The molecule has 0 saturated heterocycles. The number of esters is 1. The number of rotatable bonds is 2. The molecule has 2 aliphatic carbocycles. The second-order valence-corrected chi connectivity index (χ2v) is 6.00. The molecule has 0 radical (unpaired) electrons. The van der Waals surface area contributed by atoms with Crippen molar-refractivity contribution in [3.63, 3.8) is 0 Å². The van der Waals surface area contributed by atoms with Crippen LogP contribution in [-0.4, -0.2) is 13.1 Å². The van der Waals surface area contributed by atoms with Gasteiger partial charge in [-0.3, -0.25) is 4.79 Å². The molecule has 0 bridgehead atoms. The van der Waals surface area contributed by atoms with Gasteiger partial charge in [0.15, 0.2) is 0 Å². The van der Waals surface area contributed by atoms with Gasteiger partial charge in [0.2, 0.25) is 0 Å². The molecule has 2 rings (SSSR count). The Bertz CT molecular complexity index is 273. The maximum absolute atomic E-state index is 11.8. The molecule has 2 fully saturated rings. The Hall–Kier alpha value is -0.530. The average Bonchev–Trinajstić information content (AvgIpc) is 2.88. The molecule has 2 nitrogen and oxygen atoms in total. The molecule has 1 spiro atoms. The van der Waals surface area contributed by atoms with Crippen LogP contribution in [0.1, 0.15) is 58.8 Å². The van der Waals surface area contributed by atoms with Gasteiger partial charge in [-0.2, -0.15) is 0 Å². The molecule has 16 heavy (non-hydrogen) atoms. The molecule has 0 heterocycles. The molecule has 2 heteroatoms. The third kappa shape index (κ3) is 1.49. The van der Waals surface area contributed by atoms with Crippen molar-refractivity contribution in [3.8, 4) is 0 Å². The van der Waals surface area contributed by atoms with E-state index in [1.807, 2.05) is 0 Å². The fourth-order valence-corrected chi connectivity index (χ4v) is 4.33. The zero-order chi connectivity index (χ0) is 11.8. The Kier molecular flexibility index (Phi) is 3.02. The molecule has 0 aromatic carbocycles. The van der Waals surface area contributed by atoms with Crippen LogP contribution in [0.15, 0.2) is 0 Å². The summed E-state index contributed by atoms with van der Waals surface area (Å²) in [7, 11) is 1.51. The summed E-state index contributed by atoms with van der Waals surface area (Å²) < 4.78 is 4.95. The van der Waals surface area contributed by atoms with Gasteiger partial charge in [0.25, 0.3) is 0 Å². The van der Waals surface area contributed by atoms with Gasteiger partial charge in [0.05, 0.1) is 13.0 Å². The molecular formula is C14H24O2. The lowest BCUT2D eigenvalue weighted by atomic mass is 9.60. The highest BCUT2D eigenvalue weighted by Gasteiger charge is 2.56. The van der Waals surface area contributed by atoms with Crippen LogP contribution in [0.5, 0.6) is 0 Å². The molecule has 2 atom stereocenters. The summed E-state index contributed by atoms with van der Waals surface area (Å²) in [5, 5.41) is 0. The average molecular weight is 224 g/mol. The smallest absolute Gasteiger partial charge is 0.308 e. The van der Waals surface area contributed by atoms with Crippen molar-refractivity contribution in [3.05, 3.63) is 0 Å². The van der Waals surface area contributed by atoms with Gasteiger partial charge in [0.1, 0.15) is 0 Å². The number of ether oxygens (including phenoxy) is 1. The van der Waals surface area contributed by atoms with Crippen LogP contribution in [0.4, 0.5) is 0 Å².